The van der Waals surface area contributed by atoms with Crippen LogP contribution in [0.15, 0.2) is 29.2 Å². The van der Waals surface area contributed by atoms with Gasteiger partial charge in [-0.1, -0.05) is 13.0 Å². The fraction of sp³-hybridized carbons (Fsp3) is 0.533. The Morgan fingerprint density at radius 2 is 1.90 bits per heavy atom. The standard InChI is InChI=1S/C15H21N3O3/c1-4-11-13(20)18(15(2,3)14(21)16-11)10-9-17-8-6-5-7-12(17)19/h5-8,11H,4,9-10H2,1-3H3,(H,16,21). The first-order chi connectivity index (χ1) is 9.87. The lowest BCUT2D eigenvalue weighted by Gasteiger charge is -2.44. The molecule has 2 amide bonds. The van der Waals surface area contributed by atoms with E-state index in [0.29, 0.717) is 19.5 Å². The number of carbonyl (C=O) groups is 2. The van der Waals surface area contributed by atoms with Crippen LogP contribution in [0.25, 0.3) is 0 Å². The van der Waals surface area contributed by atoms with Gasteiger partial charge in [0, 0.05) is 25.4 Å². The van der Waals surface area contributed by atoms with E-state index in [1.807, 2.05) is 6.92 Å². The Morgan fingerprint density at radius 1 is 1.19 bits per heavy atom. The van der Waals surface area contributed by atoms with E-state index in [9.17, 15) is 14.4 Å². The van der Waals surface area contributed by atoms with E-state index in [0.717, 1.165) is 0 Å². The molecule has 21 heavy (non-hydrogen) atoms. The molecule has 1 aromatic rings. The van der Waals surface area contributed by atoms with Crippen LogP contribution in [0, 0.1) is 0 Å². The largest absolute Gasteiger partial charge is 0.342 e. The van der Waals surface area contributed by atoms with Crippen molar-refractivity contribution < 1.29 is 9.59 Å². The molecule has 1 aliphatic rings. The van der Waals surface area contributed by atoms with Gasteiger partial charge in [0.2, 0.25) is 11.8 Å². The lowest BCUT2D eigenvalue weighted by atomic mass is 9.95. The molecule has 0 spiro atoms. The van der Waals surface area contributed by atoms with Crippen molar-refractivity contribution in [2.75, 3.05) is 6.54 Å². The summed E-state index contributed by atoms with van der Waals surface area (Å²) in [5.41, 5.74) is -1.02. The number of hydrogen-bond donors (Lipinski definition) is 1. The van der Waals surface area contributed by atoms with Crippen LogP contribution in [0.2, 0.25) is 0 Å². The van der Waals surface area contributed by atoms with Crippen LogP contribution < -0.4 is 10.9 Å². The van der Waals surface area contributed by atoms with Crippen LogP contribution in [-0.2, 0) is 16.1 Å². The second-order valence-corrected chi connectivity index (χ2v) is 5.72. The van der Waals surface area contributed by atoms with Crippen molar-refractivity contribution in [2.24, 2.45) is 0 Å². The Bertz CT molecular complexity index is 606. The molecule has 0 aliphatic carbocycles. The topological polar surface area (TPSA) is 71.4 Å². The molecule has 1 aromatic heterocycles. The molecular formula is C15H21N3O3. The van der Waals surface area contributed by atoms with E-state index in [-0.39, 0.29) is 17.4 Å². The summed E-state index contributed by atoms with van der Waals surface area (Å²) in [4.78, 5) is 37.9. The lowest BCUT2D eigenvalue weighted by molar-refractivity contribution is -0.155. The van der Waals surface area contributed by atoms with E-state index < -0.39 is 11.6 Å². The number of carbonyl (C=O) groups excluding carboxylic acids is 2. The van der Waals surface area contributed by atoms with Crippen molar-refractivity contribution in [3.05, 3.63) is 34.7 Å². The predicted octanol–water partition coefficient (Wildman–Crippen LogP) is 0.364. The third-order valence-electron chi connectivity index (χ3n) is 3.97. The van der Waals surface area contributed by atoms with Gasteiger partial charge in [0.15, 0.2) is 0 Å². The Morgan fingerprint density at radius 3 is 2.52 bits per heavy atom. The molecule has 114 valence electrons. The van der Waals surface area contributed by atoms with Crippen LogP contribution in [0.4, 0.5) is 0 Å². The summed E-state index contributed by atoms with van der Waals surface area (Å²) in [6.07, 6.45) is 2.24. The van der Waals surface area contributed by atoms with Gasteiger partial charge in [0.25, 0.3) is 5.56 Å². The summed E-state index contributed by atoms with van der Waals surface area (Å²) in [6, 6.07) is 4.45. The van der Waals surface area contributed by atoms with Gasteiger partial charge in [-0.05, 0) is 26.3 Å². The molecule has 1 N–H and O–H groups in total. The zero-order valence-electron chi connectivity index (χ0n) is 12.6. The highest BCUT2D eigenvalue weighted by Gasteiger charge is 2.45. The first kappa shape index (κ1) is 15.3. The molecule has 1 saturated heterocycles. The number of amides is 2. The number of hydrogen-bond acceptors (Lipinski definition) is 3. The molecular weight excluding hydrogens is 270 g/mol. The molecule has 6 nitrogen and oxygen atoms in total. The SMILES string of the molecule is CCC1NC(=O)C(C)(C)N(CCn2ccccc2=O)C1=O. The van der Waals surface area contributed by atoms with Crippen molar-refractivity contribution in [1.29, 1.82) is 0 Å². The van der Waals surface area contributed by atoms with Gasteiger partial charge in [0.1, 0.15) is 11.6 Å². The van der Waals surface area contributed by atoms with Crippen molar-refractivity contribution >= 4 is 11.8 Å². The summed E-state index contributed by atoms with van der Waals surface area (Å²) < 4.78 is 1.54. The van der Waals surface area contributed by atoms with E-state index >= 15 is 0 Å². The Kier molecular flexibility index (Phi) is 4.16. The molecule has 0 radical (unpaired) electrons. The van der Waals surface area contributed by atoms with Crippen LogP contribution >= 0.6 is 0 Å². The average Bonchev–Trinajstić information content (AvgIpc) is 2.44. The number of rotatable bonds is 4. The molecule has 2 rings (SSSR count). The van der Waals surface area contributed by atoms with Crippen molar-refractivity contribution in [3.8, 4) is 0 Å². The molecule has 2 heterocycles. The molecule has 0 aromatic carbocycles. The zero-order chi connectivity index (χ0) is 15.6. The number of pyridine rings is 1. The average molecular weight is 291 g/mol. The van der Waals surface area contributed by atoms with Gasteiger partial charge in [0.05, 0.1) is 0 Å². The minimum Gasteiger partial charge on any atom is -0.342 e. The number of nitrogens with zero attached hydrogens (tertiary/aromatic N) is 2. The maximum absolute atomic E-state index is 12.4. The normalized spacial score (nSPS) is 21.3. The minimum absolute atomic E-state index is 0.0916. The van der Waals surface area contributed by atoms with Crippen LogP contribution in [0.3, 0.4) is 0 Å². The van der Waals surface area contributed by atoms with Gasteiger partial charge in [-0.25, -0.2) is 0 Å². The summed E-state index contributed by atoms with van der Waals surface area (Å²) in [5, 5.41) is 2.75. The number of aromatic nitrogens is 1. The van der Waals surface area contributed by atoms with Crippen LogP contribution in [0.1, 0.15) is 27.2 Å². The number of piperazine rings is 1. The van der Waals surface area contributed by atoms with Crippen LogP contribution in [-0.4, -0.2) is 39.4 Å². The fourth-order valence-corrected chi connectivity index (χ4v) is 2.50. The molecule has 1 unspecified atom stereocenters. The maximum atomic E-state index is 12.4. The summed E-state index contributed by atoms with van der Waals surface area (Å²) in [6.45, 7) is 6.01. The quantitative estimate of drug-likeness (QED) is 0.871. The Labute approximate surface area is 123 Å². The monoisotopic (exact) mass is 291 g/mol. The van der Waals surface area contributed by atoms with Gasteiger partial charge in [-0.3, -0.25) is 14.4 Å². The van der Waals surface area contributed by atoms with E-state index in [1.54, 1.807) is 37.1 Å². The zero-order valence-corrected chi connectivity index (χ0v) is 12.6. The van der Waals surface area contributed by atoms with Crippen molar-refractivity contribution in [1.82, 2.24) is 14.8 Å². The van der Waals surface area contributed by atoms with Gasteiger partial charge in [-0.2, -0.15) is 0 Å². The third-order valence-corrected chi connectivity index (χ3v) is 3.97. The van der Waals surface area contributed by atoms with Crippen molar-refractivity contribution in [3.63, 3.8) is 0 Å². The van der Waals surface area contributed by atoms with Gasteiger partial charge in [-0.15, -0.1) is 0 Å². The van der Waals surface area contributed by atoms with E-state index in [4.69, 9.17) is 0 Å². The second-order valence-electron chi connectivity index (χ2n) is 5.72. The Balaban J connectivity index is 2.19. The third kappa shape index (κ3) is 2.84. The summed E-state index contributed by atoms with van der Waals surface area (Å²) in [5.74, 6) is -0.250. The van der Waals surface area contributed by atoms with Crippen LogP contribution in [0.5, 0.6) is 0 Å². The predicted molar refractivity (Wildman–Crippen MR) is 78.7 cm³/mol. The van der Waals surface area contributed by atoms with E-state index in [1.165, 1.54) is 10.6 Å². The molecule has 1 fully saturated rings. The molecule has 1 atom stereocenters. The lowest BCUT2D eigenvalue weighted by Crippen LogP contribution is -2.68. The van der Waals surface area contributed by atoms with Gasteiger partial charge >= 0.3 is 0 Å². The highest BCUT2D eigenvalue weighted by atomic mass is 16.2. The van der Waals surface area contributed by atoms with Crippen molar-refractivity contribution in [2.45, 2.75) is 45.3 Å². The molecule has 6 heteroatoms. The fourth-order valence-electron chi connectivity index (χ4n) is 2.50. The summed E-state index contributed by atoms with van der Waals surface area (Å²) >= 11 is 0. The molecule has 0 bridgehead atoms. The summed E-state index contributed by atoms with van der Waals surface area (Å²) in [7, 11) is 0. The Hall–Kier alpha value is -2.11. The molecule has 0 saturated carbocycles. The smallest absolute Gasteiger partial charge is 0.250 e. The van der Waals surface area contributed by atoms with Gasteiger partial charge < -0.3 is 14.8 Å². The maximum Gasteiger partial charge on any atom is 0.250 e. The second kappa shape index (κ2) is 5.71. The minimum atomic E-state index is -0.902. The number of nitrogens with one attached hydrogen (secondary N) is 1. The highest BCUT2D eigenvalue weighted by molar-refractivity contribution is 5.99. The first-order valence-corrected chi connectivity index (χ1v) is 7.16. The highest BCUT2D eigenvalue weighted by Crippen LogP contribution is 2.21. The molecule has 1 aliphatic heterocycles. The van der Waals surface area contributed by atoms with E-state index in [2.05, 4.69) is 5.32 Å². The first-order valence-electron chi connectivity index (χ1n) is 7.16.